The Hall–Kier alpha value is -1.49. The molecule has 1 aliphatic heterocycles. The van der Waals surface area contributed by atoms with Crippen LogP contribution in [-0.4, -0.2) is 30.2 Å². The second kappa shape index (κ2) is 4.89. The second-order valence-corrected chi connectivity index (χ2v) is 5.00. The zero-order chi connectivity index (χ0) is 14.1. The van der Waals surface area contributed by atoms with Crippen molar-refractivity contribution >= 4 is 5.97 Å². The van der Waals surface area contributed by atoms with Gasteiger partial charge in [0.15, 0.2) is 5.41 Å². The van der Waals surface area contributed by atoms with E-state index in [2.05, 4.69) is 0 Å². The van der Waals surface area contributed by atoms with Gasteiger partial charge in [0.2, 0.25) is 0 Å². The average molecular weight is 270 g/mol. The predicted octanol–water partition coefficient (Wildman–Crippen LogP) is 2.66. The molecule has 104 valence electrons. The SMILES string of the molecule is Cc1ccccc1CC1(C(=O)O)COCCC1(F)F. The van der Waals surface area contributed by atoms with Crippen LogP contribution in [0.15, 0.2) is 24.3 Å². The van der Waals surface area contributed by atoms with Gasteiger partial charge in [-0.15, -0.1) is 0 Å². The summed E-state index contributed by atoms with van der Waals surface area (Å²) < 4.78 is 33.3. The van der Waals surface area contributed by atoms with Crippen molar-refractivity contribution in [3.63, 3.8) is 0 Å². The van der Waals surface area contributed by atoms with E-state index in [4.69, 9.17) is 4.74 Å². The summed E-state index contributed by atoms with van der Waals surface area (Å²) in [5, 5.41) is 9.32. The van der Waals surface area contributed by atoms with Crippen molar-refractivity contribution in [1.82, 2.24) is 0 Å². The molecule has 1 saturated heterocycles. The normalized spacial score (nSPS) is 26.1. The molecule has 1 aliphatic rings. The molecule has 0 radical (unpaired) electrons. The Kier molecular flexibility index (Phi) is 3.58. The number of aliphatic carboxylic acids is 1. The third kappa shape index (κ3) is 2.34. The van der Waals surface area contributed by atoms with E-state index >= 15 is 0 Å². The number of rotatable bonds is 3. The van der Waals surface area contributed by atoms with Crippen molar-refractivity contribution in [1.29, 1.82) is 0 Å². The minimum absolute atomic E-state index is 0.101. The summed E-state index contributed by atoms with van der Waals surface area (Å²) in [6, 6.07) is 6.99. The van der Waals surface area contributed by atoms with Gasteiger partial charge < -0.3 is 9.84 Å². The standard InChI is InChI=1S/C14H16F2O3/c1-10-4-2-3-5-11(10)8-13(12(17)18)9-19-7-6-14(13,15)16/h2-5H,6-9H2,1H3,(H,17,18). The molecule has 0 spiro atoms. The first-order chi connectivity index (χ1) is 8.89. The minimum Gasteiger partial charge on any atom is -0.481 e. The molecule has 3 nitrogen and oxygen atoms in total. The molecule has 1 N–H and O–H groups in total. The van der Waals surface area contributed by atoms with Crippen LogP contribution in [-0.2, 0) is 16.0 Å². The van der Waals surface area contributed by atoms with Crippen molar-refractivity contribution in [2.75, 3.05) is 13.2 Å². The highest BCUT2D eigenvalue weighted by Crippen LogP contribution is 2.45. The summed E-state index contributed by atoms with van der Waals surface area (Å²) >= 11 is 0. The van der Waals surface area contributed by atoms with Crippen molar-refractivity contribution in [3.05, 3.63) is 35.4 Å². The molecular formula is C14H16F2O3. The zero-order valence-corrected chi connectivity index (χ0v) is 10.7. The van der Waals surface area contributed by atoms with E-state index in [1.165, 1.54) is 0 Å². The fraction of sp³-hybridized carbons (Fsp3) is 0.500. The maximum atomic E-state index is 14.1. The lowest BCUT2D eigenvalue weighted by Gasteiger charge is -2.40. The third-order valence-electron chi connectivity index (χ3n) is 3.77. The van der Waals surface area contributed by atoms with Crippen LogP contribution in [0.1, 0.15) is 17.5 Å². The van der Waals surface area contributed by atoms with Crippen LogP contribution in [0.5, 0.6) is 0 Å². The van der Waals surface area contributed by atoms with Gasteiger partial charge >= 0.3 is 5.97 Å². The molecule has 0 saturated carbocycles. The smallest absolute Gasteiger partial charge is 0.318 e. The molecule has 1 atom stereocenters. The topological polar surface area (TPSA) is 46.5 Å². The lowest BCUT2D eigenvalue weighted by atomic mass is 9.73. The third-order valence-corrected chi connectivity index (χ3v) is 3.77. The van der Waals surface area contributed by atoms with E-state index in [1.54, 1.807) is 31.2 Å². The molecule has 1 fully saturated rings. The molecule has 0 aliphatic carbocycles. The number of hydrogen-bond donors (Lipinski definition) is 1. The lowest BCUT2D eigenvalue weighted by molar-refractivity contribution is -0.215. The van der Waals surface area contributed by atoms with E-state index in [9.17, 15) is 18.7 Å². The number of ether oxygens (including phenoxy) is 1. The second-order valence-electron chi connectivity index (χ2n) is 5.00. The highest BCUT2D eigenvalue weighted by Gasteiger charge is 2.61. The molecule has 19 heavy (non-hydrogen) atoms. The van der Waals surface area contributed by atoms with Gasteiger partial charge in [0, 0.05) is 6.42 Å². The van der Waals surface area contributed by atoms with Crippen molar-refractivity contribution in [2.45, 2.75) is 25.7 Å². The quantitative estimate of drug-likeness (QED) is 0.918. The van der Waals surface area contributed by atoms with Crippen molar-refractivity contribution < 1.29 is 23.4 Å². The Balaban J connectivity index is 2.41. The van der Waals surface area contributed by atoms with E-state index in [0.717, 1.165) is 5.56 Å². The molecular weight excluding hydrogens is 254 g/mol. The van der Waals surface area contributed by atoms with Gasteiger partial charge in [-0.25, -0.2) is 8.78 Å². The molecule has 0 aromatic heterocycles. The molecule has 0 bridgehead atoms. The zero-order valence-electron chi connectivity index (χ0n) is 10.7. The van der Waals surface area contributed by atoms with Crippen LogP contribution in [0.25, 0.3) is 0 Å². The highest BCUT2D eigenvalue weighted by molar-refractivity contribution is 5.77. The number of carboxylic acids is 1. The summed E-state index contributed by atoms with van der Waals surface area (Å²) in [5.41, 5.74) is -0.739. The van der Waals surface area contributed by atoms with Crippen LogP contribution in [0.4, 0.5) is 8.78 Å². The highest BCUT2D eigenvalue weighted by atomic mass is 19.3. The van der Waals surface area contributed by atoms with Gasteiger partial charge in [-0.05, 0) is 24.5 Å². The summed E-state index contributed by atoms with van der Waals surface area (Å²) in [5.74, 6) is -4.76. The molecule has 1 aromatic carbocycles. The molecule has 5 heteroatoms. The largest absolute Gasteiger partial charge is 0.481 e. The Morgan fingerprint density at radius 2 is 2.11 bits per heavy atom. The average Bonchev–Trinajstić information content (AvgIpc) is 2.34. The van der Waals surface area contributed by atoms with E-state index in [0.29, 0.717) is 5.56 Å². The monoisotopic (exact) mass is 270 g/mol. The van der Waals surface area contributed by atoms with Crippen LogP contribution in [0, 0.1) is 12.3 Å². The Morgan fingerprint density at radius 3 is 2.68 bits per heavy atom. The number of halogens is 2. The first-order valence-electron chi connectivity index (χ1n) is 6.12. The van der Waals surface area contributed by atoms with Gasteiger partial charge in [-0.3, -0.25) is 4.79 Å². The molecule has 2 rings (SSSR count). The Morgan fingerprint density at radius 1 is 1.42 bits per heavy atom. The number of benzene rings is 1. The lowest BCUT2D eigenvalue weighted by Crippen LogP contribution is -2.55. The van der Waals surface area contributed by atoms with Crippen LogP contribution < -0.4 is 0 Å². The predicted molar refractivity (Wildman–Crippen MR) is 65.3 cm³/mol. The van der Waals surface area contributed by atoms with Crippen LogP contribution in [0.3, 0.4) is 0 Å². The summed E-state index contributed by atoms with van der Waals surface area (Å²) in [7, 11) is 0. The molecule has 1 heterocycles. The number of aryl methyl sites for hydroxylation is 1. The summed E-state index contributed by atoms with van der Waals surface area (Å²) in [4.78, 5) is 11.4. The van der Waals surface area contributed by atoms with Gasteiger partial charge in [-0.1, -0.05) is 24.3 Å². The van der Waals surface area contributed by atoms with E-state index < -0.39 is 30.3 Å². The van der Waals surface area contributed by atoms with Gasteiger partial charge in [0.1, 0.15) is 0 Å². The van der Waals surface area contributed by atoms with Crippen molar-refractivity contribution in [2.24, 2.45) is 5.41 Å². The van der Waals surface area contributed by atoms with Gasteiger partial charge in [0.05, 0.1) is 13.2 Å². The summed E-state index contributed by atoms with van der Waals surface area (Å²) in [6.45, 7) is 1.23. The van der Waals surface area contributed by atoms with Crippen LogP contribution in [0.2, 0.25) is 0 Å². The number of alkyl halides is 2. The first-order valence-corrected chi connectivity index (χ1v) is 6.12. The molecule has 1 aromatic rings. The molecule has 1 unspecified atom stereocenters. The number of carboxylic acid groups (broad SMARTS) is 1. The number of carbonyl (C=O) groups is 1. The summed E-state index contributed by atoms with van der Waals surface area (Å²) in [6.07, 6.45) is -0.771. The maximum Gasteiger partial charge on any atom is 0.318 e. The Bertz CT molecular complexity index is 487. The fourth-order valence-corrected chi connectivity index (χ4v) is 2.40. The fourth-order valence-electron chi connectivity index (χ4n) is 2.40. The van der Waals surface area contributed by atoms with Crippen LogP contribution >= 0.6 is 0 Å². The Labute approximate surface area is 110 Å². The maximum absolute atomic E-state index is 14.1. The minimum atomic E-state index is -3.26. The molecule has 0 amide bonds. The van der Waals surface area contributed by atoms with Gasteiger partial charge in [-0.2, -0.15) is 0 Å². The van der Waals surface area contributed by atoms with E-state index in [1.807, 2.05) is 0 Å². The van der Waals surface area contributed by atoms with Gasteiger partial charge in [0.25, 0.3) is 5.92 Å². The number of hydrogen-bond acceptors (Lipinski definition) is 2. The van der Waals surface area contributed by atoms with Crippen molar-refractivity contribution in [3.8, 4) is 0 Å². The van der Waals surface area contributed by atoms with E-state index in [-0.39, 0.29) is 13.0 Å². The first kappa shape index (κ1) is 13.9.